The van der Waals surface area contributed by atoms with Crippen LogP contribution >= 0.6 is 0 Å². The first-order valence-corrected chi connectivity index (χ1v) is 11.2. The van der Waals surface area contributed by atoms with Gasteiger partial charge in [-0.25, -0.2) is 0 Å². The van der Waals surface area contributed by atoms with Crippen LogP contribution in [0.3, 0.4) is 0 Å². The van der Waals surface area contributed by atoms with Crippen molar-refractivity contribution in [1.82, 2.24) is 15.5 Å². The fourth-order valence-electron chi connectivity index (χ4n) is 4.20. The number of rotatable bonds is 8. The lowest BCUT2D eigenvalue weighted by atomic mass is 10.0. The first kappa shape index (κ1) is 22.3. The molecule has 2 N–H and O–H groups in total. The van der Waals surface area contributed by atoms with Crippen LogP contribution in [0.25, 0.3) is 10.8 Å². The van der Waals surface area contributed by atoms with E-state index >= 15 is 0 Å². The molecule has 2 aromatic carbocycles. The third-order valence-corrected chi connectivity index (χ3v) is 5.81. The molecule has 2 amide bonds. The molecule has 1 aliphatic heterocycles. The molecule has 0 aliphatic carbocycles. The molecule has 1 fully saturated rings. The van der Waals surface area contributed by atoms with E-state index in [4.69, 9.17) is 0 Å². The van der Waals surface area contributed by atoms with E-state index in [1.807, 2.05) is 57.2 Å². The summed E-state index contributed by atoms with van der Waals surface area (Å²) in [5.74, 6) is -0.197. The van der Waals surface area contributed by atoms with Gasteiger partial charge in [-0.15, -0.1) is 0 Å². The number of nitrogens with zero attached hydrogens (tertiary/aromatic N) is 1. The summed E-state index contributed by atoms with van der Waals surface area (Å²) in [6.45, 7) is 9.06. The van der Waals surface area contributed by atoms with Crippen molar-refractivity contribution in [2.75, 3.05) is 19.6 Å². The summed E-state index contributed by atoms with van der Waals surface area (Å²) in [5.41, 5.74) is 0.951. The van der Waals surface area contributed by atoms with E-state index in [0.717, 1.165) is 36.0 Å². The van der Waals surface area contributed by atoms with Crippen molar-refractivity contribution in [3.05, 3.63) is 48.0 Å². The second-order valence-corrected chi connectivity index (χ2v) is 8.92. The van der Waals surface area contributed by atoms with E-state index in [2.05, 4.69) is 21.6 Å². The molecule has 1 saturated heterocycles. The second-order valence-electron chi connectivity index (χ2n) is 8.92. The summed E-state index contributed by atoms with van der Waals surface area (Å²) in [5, 5.41) is 8.34. The smallest absolute Gasteiger partial charge is 0.243 e. The predicted octanol–water partition coefficient (Wildman–Crippen LogP) is 3.51. The Morgan fingerprint density at radius 2 is 1.63 bits per heavy atom. The molecular weight excluding hydrogens is 374 g/mol. The third-order valence-electron chi connectivity index (χ3n) is 5.81. The molecule has 30 heavy (non-hydrogen) atoms. The first-order chi connectivity index (χ1) is 14.4. The number of fused-ring (bicyclic) bond motifs is 1. The summed E-state index contributed by atoms with van der Waals surface area (Å²) >= 11 is 0. The molecule has 1 heterocycles. The van der Waals surface area contributed by atoms with E-state index in [-0.39, 0.29) is 30.2 Å². The quantitative estimate of drug-likeness (QED) is 0.701. The molecule has 0 bridgehead atoms. The standard InChI is InChI=1S/C25H35N3O2/c1-18(2)24(25(30)26-19(3)17-28-13-7-4-8-14-28)27-23(29)16-20-11-12-21-9-5-6-10-22(21)15-20/h5-6,9-12,15,18-19,24H,4,7-8,13-14,16-17H2,1-3H3,(H,26,30)(H,27,29). The Labute approximate surface area is 180 Å². The van der Waals surface area contributed by atoms with Gasteiger partial charge in [0.25, 0.3) is 0 Å². The fourth-order valence-corrected chi connectivity index (χ4v) is 4.20. The molecule has 2 aromatic rings. The van der Waals surface area contributed by atoms with Gasteiger partial charge >= 0.3 is 0 Å². The van der Waals surface area contributed by atoms with Crippen LogP contribution in [-0.2, 0) is 16.0 Å². The highest BCUT2D eigenvalue weighted by Crippen LogP contribution is 2.16. The van der Waals surface area contributed by atoms with Gasteiger partial charge in [0.05, 0.1) is 6.42 Å². The number of amides is 2. The zero-order valence-electron chi connectivity index (χ0n) is 18.5. The van der Waals surface area contributed by atoms with Crippen LogP contribution in [0, 0.1) is 5.92 Å². The van der Waals surface area contributed by atoms with Gasteiger partial charge in [-0.2, -0.15) is 0 Å². The maximum absolute atomic E-state index is 12.9. The predicted molar refractivity (Wildman–Crippen MR) is 122 cm³/mol. The number of hydrogen-bond donors (Lipinski definition) is 2. The van der Waals surface area contributed by atoms with Gasteiger partial charge in [-0.05, 0) is 55.1 Å². The number of carbonyl (C=O) groups excluding carboxylic acids is 2. The maximum Gasteiger partial charge on any atom is 0.243 e. The highest BCUT2D eigenvalue weighted by Gasteiger charge is 2.26. The van der Waals surface area contributed by atoms with Gasteiger partial charge < -0.3 is 15.5 Å². The highest BCUT2D eigenvalue weighted by atomic mass is 16.2. The van der Waals surface area contributed by atoms with Crippen LogP contribution in [0.1, 0.15) is 45.6 Å². The van der Waals surface area contributed by atoms with Gasteiger partial charge in [0.2, 0.25) is 11.8 Å². The van der Waals surface area contributed by atoms with Crippen molar-refractivity contribution >= 4 is 22.6 Å². The average Bonchev–Trinajstić information content (AvgIpc) is 2.72. The molecule has 0 radical (unpaired) electrons. The van der Waals surface area contributed by atoms with E-state index in [1.165, 1.54) is 19.3 Å². The van der Waals surface area contributed by atoms with Crippen LogP contribution in [0.2, 0.25) is 0 Å². The molecule has 2 atom stereocenters. The van der Waals surface area contributed by atoms with Gasteiger partial charge in [0.15, 0.2) is 0 Å². The minimum absolute atomic E-state index is 0.0211. The molecule has 5 nitrogen and oxygen atoms in total. The Bertz CT molecular complexity index is 858. The van der Waals surface area contributed by atoms with Gasteiger partial charge in [0.1, 0.15) is 6.04 Å². The van der Waals surface area contributed by atoms with E-state index in [0.29, 0.717) is 0 Å². The lowest BCUT2D eigenvalue weighted by molar-refractivity contribution is -0.130. The second kappa shape index (κ2) is 10.6. The number of benzene rings is 2. The Balaban J connectivity index is 1.55. The lowest BCUT2D eigenvalue weighted by Crippen LogP contribution is -2.53. The molecule has 162 valence electrons. The normalized spacial score (nSPS) is 16.9. The van der Waals surface area contributed by atoms with Gasteiger partial charge in [0, 0.05) is 12.6 Å². The van der Waals surface area contributed by atoms with Crippen molar-refractivity contribution in [3.8, 4) is 0 Å². The van der Waals surface area contributed by atoms with Crippen LogP contribution in [0.5, 0.6) is 0 Å². The number of nitrogens with one attached hydrogen (secondary N) is 2. The van der Waals surface area contributed by atoms with Crippen molar-refractivity contribution in [3.63, 3.8) is 0 Å². The van der Waals surface area contributed by atoms with Crippen molar-refractivity contribution in [2.24, 2.45) is 5.92 Å². The summed E-state index contributed by atoms with van der Waals surface area (Å²) < 4.78 is 0. The zero-order chi connectivity index (χ0) is 21.5. The SMILES string of the molecule is CC(CN1CCCCC1)NC(=O)C(NC(=O)Cc1ccc2ccccc2c1)C(C)C. The highest BCUT2D eigenvalue weighted by molar-refractivity contribution is 5.89. The summed E-state index contributed by atoms with van der Waals surface area (Å²) in [6.07, 6.45) is 4.04. The zero-order valence-corrected chi connectivity index (χ0v) is 18.5. The largest absolute Gasteiger partial charge is 0.351 e. The number of hydrogen-bond acceptors (Lipinski definition) is 3. The van der Waals surface area contributed by atoms with E-state index in [1.54, 1.807) is 0 Å². The van der Waals surface area contributed by atoms with E-state index in [9.17, 15) is 9.59 Å². The fraction of sp³-hybridized carbons (Fsp3) is 0.520. The number of piperidine rings is 1. The maximum atomic E-state index is 12.9. The molecule has 1 aliphatic rings. The van der Waals surface area contributed by atoms with Gasteiger partial charge in [-0.1, -0.05) is 62.7 Å². The molecule has 0 aromatic heterocycles. The molecular formula is C25H35N3O2. The first-order valence-electron chi connectivity index (χ1n) is 11.2. The molecule has 0 saturated carbocycles. The average molecular weight is 410 g/mol. The minimum Gasteiger partial charge on any atom is -0.351 e. The summed E-state index contributed by atoms with van der Waals surface area (Å²) in [4.78, 5) is 27.9. The number of likely N-dealkylation sites (tertiary alicyclic amines) is 1. The Morgan fingerprint density at radius 3 is 2.33 bits per heavy atom. The summed E-state index contributed by atoms with van der Waals surface area (Å²) in [7, 11) is 0. The molecule has 5 heteroatoms. The van der Waals surface area contributed by atoms with Crippen LogP contribution in [0.15, 0.2) is 42.5 Å². The van der Waals surface area contributed by atoms with Crippen molar-refractivity contribution < 1.29 is 9.59 Å². The van der Waals surface area contributed by atoms with E-state index < -0.39 is 6.04 Å². The molecule has 3 rings (SSSR count). The number of carbonyl (C=O) groups is 2. The summed E-state index contributed by atoms with van der Waals surface area (Å²) in [6, 6.07) is 13.7. The Morgan fingerprint density at radius 1 is 0.933 bits per heavy atom. The topological polar surface area (TPSA) is 61.4 Å². The molecule has 0 spiro atoms. The monoisotopic (exact) mass is 409 g/mol. The third kappa shape index (κ3) is 6.30. The Hall–Kier alpha value is -2.40. The van der Waals surface area contributed by atoms with Crippen LogP contribution < -0.4 is 10.6 Å². The van der Waals surface area contributed by atoms with Crippen LogP contribution in [-0.4, -0.2) is 48.4 Å². The Kier molecular flexibility index (Phi) is 7.86. The lowest BCUT2D eigenvalue weighted by Gasteiger charge is -2.30. The van der Waals surface area contributed by atoms with Crippen molar-refractivity contribution in [1.29, 1.82) is 0 Å². The van der Waals surface area contributed by atoms with Crippen molar-refractivity contribution in [2.45, 2.75) is 58.5 Å². The minimum atomic E-state index is -0.526. The van der Waals surface area contributed by atoms with Gasteiger partial charge in [-0.3, -0.25) is 9.59 Å². The molecule has 2 unspecified atom stereocenters. The van der Waals surface area contributed by atoms with Crippen LogP contribution in [0.4, 0.5) is 0 Å².